The average molecular weight is 1050 g/mol. The van der Waals surface area contributed by atoms with Gasteiger partial charge in [0.15, 0.2) is 0 Å². The first-order valence-electron chi connectivity index (χ1n) is 28.8. The molecule has 4 nitrogen and oxygen atoms in total. The maximum absolute atomic E-state index is 2.77. The summed E-state index contributed by atoms with van der Waals surface area (Å²) in [6.07, 6.45) is 0. The summed E-state index contributed by atoms with van der Waals surface area (Å²) < 4.78 is 0. The lowest BCUT2D eigenvalue weighted by molar-refractivity contribution is 0.646. The molecule has 0 atom stereocenters. The molecule has 0 bridgehead atoms. The van der Waals surface area contributed by atoms with Crippen molar-refractivity contribution in [2.75, 3.05) is 19.6 Å². The molecule has 18 rings (SSSR count). The molecule has 4 heteroatoms. The van der Waals surface area contributed by atoms with Gasteiger partial charge >= 0.3 is 0 Å². The summed E-state index contributed by atoms with van der Waals surface area (Å²) in [6.45, 7) is 6.53. The van der Waals surface area contributed by atoms with Crippen LogP contribution >= 0.6 is 0 Å². The van der Waals surface area contributed by atoms with Crippen LogP contribution in [-0.4, -0.2) is 0 Å². The number of para-hydroxylation sites is 9. The Hall–Kier alpha value is -10.2. The van der Waals surface area contributed by atoms with E-state index in [4.69, 9.17) is 0 Å². The van der Waals surface area contributed by atoms with E-state index < -0.39 is 16.2 Å². The zero-order chi connectivity index (χ0) is 54.2. The molecule has 6 heterocycles. The molecule has 82 heavy (non-hydrogen) atoms. The van der Waals surface area contributed by atoms with Gasteiger partial charge in [0.1, 0.15) is 0 Å². The number of aryl methyl sites for hydroxylation is 3. The summed E-state index contributed by atoms with van der Waals surface area (Å²) in [6, 6.07) is 105. The van der Waals surface area contributed by atoms with Gasteiger partial charge in [0.25, 0.3) is 0 Å². The average Bonchev–Trinajstić information content (AvgIpc) is 0.667. The van der Waals surface area contributed by atoms with Gasteiger partial charge in [-0.1, -0.05) is 217 Å². The number of hydrogen-bond acceptors (Lipinski definition) is 4. The quantitative estimate of drug-likeness (QED) is 0.175. The first-order chi connectivity index (χ1) is 40.4. The van der Waals surface area contributed by atoms with Gasteiger partial charge in [-0.2, -0.15) is 0 Å². The van der Waals surface area contributed by atoms with Gasteiger partial charge in [-0.15, -0.1) is 0 Å². The van der Waals surface area contributed by atoms with Crippen molar-refractivity contribution in [3.05, 3.63) is 356 Å². The predicted molar refractivity (Wildman–Crippen MR) is 336 cm³/mol. The van der Waals surface area contributed by atoms with Crippen LogP contribution in [0.3, 0.4) is 0 Å². The second-order valence-corrected chi connectivity index (χ2v) is 23.3. The SMILES string of the molecule is Cc1ccc(N2c3ccccc3C3(c4ccccc42)c2cccc4c2N2c5c3cccc5C3(c5ccccc5N(c5ccc(C)cc5)c5ccccc53)c3cccc(c32)C42c3ccccc3N(c3ccc(C)cc3)c3ccccc32)cc1. The van der Waals surface area contributed by atoms with E-state index in [0.29, 0.717) is 0 Å². The summed E-state index contributed by atoms with van der Waals surface area (Å²) in [5.41, 5.74) is 30.8. The van der Waals surface area contributed by atoms with Crippen LogP contribution in [0.2, 0.25) is 0 Å². The molecular weight excluding hydrogens is 993 g/mol. The smallest absolute Gasteiger partial charge is 0.0783 e. The first-order valence-corrected chi connectivity index (χ1v) is 28.8. The lowest BCUT2D eigenvalue weighted by atomic mass is 9.51. The molecule has 0 amide bonds. The molecule has 0 aliphatic carbocycles. The van der Waals surface area contributed by atoms with Crippen molar-refractivity contribution in [3.63, 3.8) is 0 Å². The van der Waals surface area contributed by atoms with Crippen molar-refractivity contribution in [2.24, 2.45) is 0 Å². The van der Waals surface area contributed by atoms with Crippen molar-refractivity contribution in [3.8, 4) is 0 Å². The van der Waals surface area contributed by atoms with Crippen molar-refractivity contribution in [2.45, 2.75) is 37.0 Å². The standard InChI is InChI=1S/C78H54N4/c1-49-37-43-52(44-38-49)79-67-31-10-4-19-55(67)76(56-20-5-11-32-68(56)79)61-25-16-27-63-73(61)82-74-62(76)26-17-28-64(74)78(59-23-8-14-35-71(59)81(54-47-41-51(3)42-48-54)72-36-15-9-24-60(72)78)66-30-18-29-65(75(66)82)77(63)57-21-6-12-33-69(57)80(53-45-39-50(2)40-46-53)70-34-13-7-22-58(70)77/h4-48H,1-3H3. The van der Waals surface area contributed by atoms with Crippen LogP contribution in [0.4, 0.5) is 68.2 Å². The van der Waals surface area contributed by atoms with E-state index in [1.54, 1.807) is 0 Å². The Morgan fingerprint density at radius 1 is 0.183 bits per heavy atom. The third kappa shape index (κ3) is 5.39. The second-order valence-electron chi connectivity index (χ2n) is 23.3. The monoisotopic (exact) mass is 1050 g/mol. The van der Waals surface area contributed by atoms with E-state index in [1.807, 2.05) is 0 Å². The number of fused-ring (bicyclic) bond motifs is 18. The fourth-order valence-corrected chi connectivity index (χ4v) is 16.3. The Morgan fingerprint density at radius 2 is 0.366 bits per heavy atom. The molecule has 12 aromatic carbocycles. The van der Waals surface area contributed by atoms with Crippen LogP contribution < -0.4 is 19.6 Å². The summed E-state index contributed by atoms with van der Waals surface area (Å²) in [4.78, 5) is 10.3. The third-order valence-corrected chi connectivity index (χ3v) is 19.4. The van der Waals surface area contributed by atoms with E-state index >= 15 is 0 Å². The Morgan fingerprint density at radius 3 is 0.573 bits per heavy atom. The van der Waals surface area contributed by atoms with E-state index in [2.05, 4.69) is 313 Å². The fraction of sp³-hybridized carbons (Fsp3) is 0.0769. The molecular formula is C78H54N4. The summed E-state index contributed by atoms with van der Waals surface area (Å²) in [5, 5.41) is 0. The Kier molecular flexibility index (Phi) is 9.05. The van der Waals surface area contributed by atoms with Gasteiger partial charge in [-0.25, -0.2) is 0 Å². The first kappa shape index (κ1) is 45.7. The minimum Gasteiger partial charge on any atom is -0.310 e. The lowest BCUT2D eigenvalue weighted by Gasteiger charge is -2.60. The normalized spacial score (nSPS) is 15.7. The number of anilines is 12. The van der Waals surface area contributed by atoms with E-state index in [-0.39, 0.29) is 0 Å². The molecule has 0 unspecified atom stereocenters. The number of benzene rings is 12. The van der Waals surface area contributed by atoms with Gasteiger partial charge in [0.2, 0.25) is 0 Å². The maximum Gasteiger partial charge on any atom is 0.0783 e. The minimum atomic E-state index is -0.795. The number of nitrogens with zero attached hydrogens (tertiary/aromatic N) is 4. The largest absolute Gasteiger partial charge is 0.310 e. The number of rotatable bonds is 3. The van der Waals surface area contributed by atoms with Crippen molar-refractivity contribution in [1.82, 2.24) is 0 Å². The molecule has 386 valence electrons. The zero-order valence-corrected chi connectivity index (χ0v) is 45.8. The summed E-state index contributed by atoms with van der Waals surface area (Å²) in [7, 11) is 0. The Balaban J connectivity index is 1.05. The van der Waals surface area contributed by atoms with E-state index in [1.165, 1.54) is 135 Å². The highest BCUT2D eigenvalue weighted by Crippen LogP contribution is 2.75. The molecule has 0 N–H and O–H groups in total. The predicted octanol–water partition coefficient (Wildman–Crippen LogP) is 19.5. The summed E-state index contributed by atoms with van der Waals surface area (Å²) in [5.74, 6) is 0. The van der Waals surface area contributed by atoms with E-state index in [9.17, 15) is 0 Å². The Bertz CT molecular complexity index is 4010. The lowest BCUT2D eigenvalue weighted by Crippen LogP contribution is -2.51. The highest BCUT2D eigenvalue weighted by Gasteiger charge is 2.63. The van der Waals surface area contributed by atoms with Crippen LogP contribution in [0, 0.1) is 20.8 Å². The van der Waals surface area contributed by atoms with Crippen LogP contribution in [0.1, 0.15) is 83.5 Å². The number of hydrogen-bond donors (Lipinski definition) is 0. The molecule has 6 aliphatic heterocycles. The van der Waals surface area contributed by atoms with E-state index in [0.717, 1.165) is 17.1 Å². The van der Waals surface area contributed by atoms with Crippen LogP contribution in [0.15, 0.2) is 273 Å². The highest BCUT2D eigenvalue weighted by molar-refractivity contribution is 6.08. The zero-order valence-electron chi connectivity index (χ0n) is 45.8. The topological polar surface area (TPSA) is 13.0 Å². The van der Waals surface area contributed by atoms with Crippen LogP contribution in [-0.2, 0) is 16.2 Å². The molecule has 6 aliphatic rings. The molecule has 0 radical (unpaired) electrons. The molecule has 0 saturated carbocycles. The van der Waals surface area contributed by atoms with Gasteiger partial charge in [0.05, 0.1) is 67.4 Å². The summed E-state index contributed by atoms with van der Waals surface area (Å²) >= 11 is 0. The van der Waals surface area contributed by atoms with Crippen molar-refractivity contribution >= 4 is 68.2 Å². The molecule has 3 spiro atoms. The molecule has 0 fully saturated rings. The molecule has 0 saturated heterocycles. The van der Waals surface area contributed by atoms with Gasteiger partial charge < -0.3 is 19.6 Å². The maximum atomic E-state index is 2.77. The highest BCUT2D eigenvalue weighted by atomic mass is 15.2. The van der Waals surface area contributed by atoms with Crippen LogP contribution in [0.5, 0.6) is 0 Å². The van der Waals surface area contributed by atoms with Gasteiger partial charge in [0, 0.05) is 17.1 Å². The van der Waals surface area contributed by atoms with Crippen LogP contribution in [0.25, 0.3) is 0 Å². The van der Waals surface area contributed by atoms with Crippen molar-refractivity contribution in [1.29, 1.82) is 0 Å². The minimum absolute atomic E-state index is 0.795. The molecule has 12 aromatic rings. The third-order valence-electron chi connectivity index (χ3n) is 19.4. The van der Waals surface area contributed by atoms with Gasteiger partial charge in [-0.3, -0.25) is 0 Å². The molecule has 0 aromatic heterocycles. The second kappa shape index (κ2) is 16.2. The Labute approximate surface area is 478 Å². The fourth-order valence-electron chi connectivity index (χ4n) is 16.3. The van der Waals surface area contributed by atoms with Crippen molar-refractivity contribution < 1.29 is 0 Å². The van der Waals surface area contributed by atoms with Gasteiger partial charge in [-0.05, 0) is 160 Å².